The van der Waals surface area contributed by atoms with E-state index < -0.39 is 12.1 Å². The highest BCUT2D eigenvalue weighted by atomic mass is 19.3. The molecule has 0 saturated carbocycles. The first-order valence-corrected chi connectivity index (χ1v) is 3.50. The number of fused-ring (bicyclic) bond motifs is 1. The van der Waals surface area contributed by atoms with Crippen molar-refractivity contribution in [1.29, 1.82) is 0 Å². The van der Waals surface area contributed by atoms with Crippen LogP contribution in [0.1, 0.15) is 12.1 Å². The molecule has 6 heteroatoms. The molecule has 0 aromatic carbocycles. The van der Waals surface area contributed by atoms with Gasteiger partial charge in [-0.05, 0) is 0 Å². The summed E-state index contributed by atoms with van der Waals surface area (Å²) in [7, 11) is 0. The molecule has 4 nitrogen and oxygen atoms in total. The van der Waals surface area contributed by atoms with E-state index in [4.69, 9.17) is 0 Å². The second kappa shape index (κ2) is 2.65. The molecule has 1 N–H and O–H groups in total. The van der Waals surface area contributed by atoms with E-state index in [1.54, 1.807) is 0 Å². The molecule has 0 bridgehead atoms. The number of hydrogen-bond donors (Lipinski definition) is 1. The number of hydrogen-bond acceptors (Lipinski definition) is 3. The predicted octanol–water partition coefficient (Wildman–Crippen LogP) is 1.37. The number of nitrogens with zero attached hydrogens (tertiary/aromatic N) is 3. The minimum atomic E-state index is -2.69. The molecule has 0 spiro atoms. The molecule has 0 aliphatic carbocycles. The predicted molar refractivity (Wildman–Crippen MR) is 39.6 cm³/mol. The number of alkyl halides is 2. The van der Waals surface area contributed by atoms with Crippen LogP contribution >= 0.6 is 0 Å². The molecule has 68 valence electrons. The number of halogens is 2. The monoisotopic (exact) mass is 185 g/mol. The van der Waals surface area contributed by atoms with Crippen molar-refractivity contribution in [3.8, 4) is 5.88 Å². The van der Waals surface area contributed by atoms with Crippen LogP contribution in [0.15, 0.2) is 18.3 Å². The van der Waals surface area contributed by atoms with Crippen molar-refractivity contribution in [2.45, 2.75) is 6.43 Å². The summed E-state index contributed by atoms with van der Waals surface area (Å²) < 4.78 is 25.4. The normalized spacial score (nSPS) is 11.3. The fraction of sp³-hybridized carbons (Fsp3) is 0.143. The summed E-state index contributed by atoms with van der Waals surface area (Å²) in [5, 5.41) is 12.9. The van der Waals surface area contributed by atoms with Crippen LogP contribution < -0.4 is 0 Å². The highest BCUT2D eigenvalue weighted by Gasteiger charge is 2.12. The lowest BCUT2D eigenvalue weighted by Gasteiger charge is -2.01. The van der Waals surface area contributed by atoms with Crippen LogP contribution in [0.4, 0.5) is 8.78 Å². The molecule has 0 atom stereocenters. The van der Waals surface area contributed by atoms with Gasteiger partial charge in [0.1, 0.15) is 5.69 Å². The third kappa shape index (κ3) is 1.20. The molecule has 0 radical (unpaired) electrons. The van der Waals surface area contributed by atoms with Gasteiger partial charge in [0.05, 0.1) is 6.20 Å². The molecule has 2 rings (SSSR count). The maximum absolute atomic E-state index is 12.2. The zero-order valence-corrected chi connectivity index (χ0v) is 6.35. The van der Waals surface area contributed by atoms with Crippen molar-refractivity contribution in [1.82, 2.24) is 14.6 Å². The summed E-state index contributed by atoms with van der Waals surface area (Å²) in [6.07, 6.45) is -1.32. The summed E-state index contributed by atoms with van der Waals surface area (Å²) in [5.41, 5.74) is -0.249. The van der Waals surface area contributed by atoms with Gasteiger partial charge in [0.15, 0.2) is 5.65 Å². The maximum atomic E-state index is 12.2. The van der Waals surface area contributed by atoms with E-state index in [1.165, 1.54) is 12.3 Å². The lowest BCUT2D eigenvalue weighted by Crippen LogP contribution is -1.96. The lowest BCUT2D eigenvalue weighted by molar-refractivity contribution is 0.145. The standard InChI is InChI=1S/C7H5F2N3O/c8-7(9)4-3-6(13)12-5(11-4)1-2-10-12/h1-3,7,13H. The minimum absolute atomic E-state index is 0.204. The first-order valence-electron chi connectivity index (χ1n) is 3.50. The third-order valence-corrected chi connectivity index (χ3v) is 1.58. The smallest absolute Gasteiger partial charge is 0.280 e. The number of rotatable bonds is 1. The van der Waals surface area contributed by atoms with E-state index >= 15 is 0 Å². The van der Waals surface area contributed by atoms with Crippen molar-refractivity contribution in [3.05, 3.63) is 24.0 Å². The first-order chi connectivity index (χ1) is 6.18. The molecule has 2 aromatic heterocycles. The van der Waals surface area contributed by atoms with Gasteiger partial charge in [-0.3, -0.25) is 0 Å². The zero-order chi connectivity index (χ0) is 9.42. The number of aromatic hydroxyl groups is 1. The molecule has 13 heavy (non-hydrogen) atoms. The van der Waals surface area contributed by atoms with Crippen LogP contribution in [0.25, 0.3) is 5.65 Å². The Bertz CT molecular complexity index is 440. The molecule has 2 heterocycles. The SMILES string of the molecule is Oc1cc(C(F)F)nc2ccnn12. The molecule has 0 aliphatic rings. The number of aromatic nitrogens is 3. The van der Waals surface area contributed by atoms with Gasteiger partial charge in [-0.15, -0.1) is 0 Å². The van der Waals surface area contributed by atoms with E-state index in [9.17, 15) is 13.9 Å². The summed E-state index contributed by atoms with van der Waals surface area (Å²) in [4.78, 5) is 3.59. The Balaban J connectivity index is 2.70. The fourth-order valence-electron chi connectivity index (χ4n) is 1.03. The second-order valence-electron chi connectivity index (χ2n) is 2.44. The van der Waals surface area contributed by atoms with Gasteiger partial charge in [0.2, 0.25) is 5.88 Å². The highest BCUT2D eigenvalue weighted by Crippen LogP contribution is 2.21. The molecule has 0 fully saturated rings. The van der Waals surface area contributed by atoms with Crippen LogP contribution in [0.2, 0.25) is 0 Å². The maximum Gasteiger partial charge on any atom is 0.280 e. The second-order valence-corrected chi connectivity index (χ2v) is 2.44. The zero-order valence-electron chi connectivity index (χ0n) is 6.35. The van der Waals surface area contributed by atoms with Gasteiger partial charge in [0.25, 0.3) is 6.43 Å². The van der Waals surface area contributed by atoms with E-state index in [-0.39, 0.29) is 11.5 Å². The summed E-state index contributed by atoms with van der Waals surface area (Å²) >= 11 is 0. The van der Waals surface area contributed by atoms with Crippen molar-refractivity contribution in [2.75, 3.05) is 0 Å². The first kappa shape index (κ1) is 7.90. The molecule has 0 amide bonds. The Morgan fingerprint density at radius 3 is 2.92 bits per heavy atom. The largest absolute Gasteiger partial charge is 0.493 e. The van der Waals surface area contributed by atoms with Gasteiger partial charge in [-0.2, -0.15) is 9.61 Å². The topological polar surface area (TPSA) is 50.4 Å². The van der Waals surface area contributed by atoms with E-state index in [0.717, 1.165) is 10.6 Å². The Labute approximate surface area is 71.4 Å². The highest BCUT2D eigenvalue weighted by molar-refractivity contribution is 5.40. The molecule has 0 aliphatic heterocycles. The Kier molecular flexibility index (Phi) is 1.61. The van der Waals surface area contributed by atoms with Crippen LogP contribution in [-0.4, -0.2) is 19.7 Å². The third-order valence-electron chi connectivity index (χ3n) is 1.58. The van der Waals surface area contributed by atoms with E-state index in [2.05, 4.69) is 10.1 Å². The lowest BCUT2D eigenvalue weighted by atomic mass is 10.4. The fourth-order valence-corrected chi connectivity index (χ4v) is 1.03. The molecule has 0 saturated heterocycles. The van der Waals surface area contributed by atoms with Crippen molar-refractivity contribution in [2.24, 2.45) is 0 Å². The van der Waals surface area contributed by atoms with Crippen LogP contribution in [0.5, 0.6) is 5.88 Å². The Morgan fingerprint density at radius 1 is 1.46 bits per heavy atom. The van der Waals surface area contributed by atoms with E-state index in [1.807, 2.05) is 0 Å². The minimum Gasteiger partial charge on any atom is -0.493 e. The molecular formula is C7H5F2N3O. The van der Waals surface area contributed by atoms with Gasteiger partial charge in [-0.1, -0.05) is 0 Å². The molecule has 0 unspecified atom stereocenters. The van der Waals surface area contributed by atoms with Crippen LogP contribution in [0, 0.1) is 0 Å². The van der Waals surface area contributed by atoms with Gasteiger partial charge < -0.3 is 5.11 Å². The van der Waals surface area contributed by atoms with E-state index in [0.29, 0.717) is 0 Å². The van der Waals surface area contributed by atoms with Crippen LogP contribution in [0.3, 0.4) is 0 Å². The summed E-state index contributed by atoms with van der Waals surface area (Å²) in [6.45, 7) is 0. The summed E-state index contributed by atoms with van der Waals surface area (Å²) in [5.74, 6) is -0.342. The van der Waals surface area contributed by atoms with Gasteiger partial charge in [-0.25, -0.2) is 13.8 Å². The summed E-state index contributed by atoms with van der Waals surface area (Å²) in [6, 6.07) is 2.33. The molecule has 2 aromatic rings. The molecular weight excluding hydrogens is 180 g/mol. The Morgan fingerprint density at radius 2 is 2.23 bits per heavy atom. The van der Waals surface area contributed by atoms with Crippen LogP contribution in [-0.2, 0) is 0 Å². The quantitative estimate of drug-likeness (QED) is 0.729. The van der Waals surface area contributed by atoms with Crippen molar-refractivity contribution >= 4 is 5.65 Å². The average molecular weight is 185 g/mol. The average Bonchev–Trinajstić information content (AvgIpc) is 2.51. The Hall–Kier alpha value is -1.72. The van der Waals surface area contributed by atoms with Crippen molar-refractivity contribution in [3.63, 3.8) is 0 Å². The van der Waals surface area contributed by atoms with Crippen molar-refractivity contribution < 1.29 is 13.9 Å². The van der Waals surface area contributed by atoms with Gasteiger partial charge >= 0.3 is 0 Å². The van der Waals surface area contributed by atoms with Gasteiger partial charge in [0, 0.05) is 12.1 Å².